The van der Waals surface area contributed by atoms with Gasteiger partial charge in [0.15, 0.2) is 5.78 Å². The van der Waals surface area contributed by atoms with Crippen molar-refractivity contribution in [3.05, 3.63) is 27.3 Å². The summed E-state index contributed by atoms with van der Waals surface area (Å²) in [7, 11) is 1.52. The number of rotatable bonds is 4. The molecule has 2 unspecified atom stereocenters. The molecule has 1 aliphatic rings. The van der Waals surface area contributed by atoms with Crippen molar-refractivity contribution < 1.29 is 19.4 Å². The van der Waals surface area contributed by atoms with Gasteiger partial charge in [0.25, 0.3) is 0 Å². The van der Waals surface area contributed by atoms with Crippen molar-refractivity contribution in [1.29, 1.82) is 0 Å². The maximum atomic E-state index is 12.5. The van der Waals surface area contributed by atoms with Crippen LogP contribution in [0.5, 0.6) is 5.75 Å². The summed E-state index contributed by atoms with van der Waals surface area (Å²) in [6.07, 6.45) is 2.02. The van der Waals surface area contributed by atoms with Crippen LogP contribution in [0.1, 0.15) is 29.6 Å². The largest absolute Gasteiger partial charge is 0.496 e. The van der Waals surface area contributed by atoms with Gasteiger partial charge in [-0.15, -0.1) is 0 Å². The van der Waals surface area contributed by atoms with Gasteiger partial charge >= 0.3 is 5.97 Å². The highest BCUT2D eigenvalue weighted by atomic mass is 127. The monoisotopic (exact) mass is 374 g/mol. The first-order valence-corrected chi connectivity index (χ1v) is 7.23. The molecule has 1 aromatic carbocycles. The zero-order valence-corrected chi connectivity index (χ0v) is 12.7. The number of methoxy groups -OCH3 is 1. The lowest BCUT2D eigenvalue weighted by Gasteiger charge is -2.16. The molecule has 0 saturated heterocycles. The minimum absolute atomic E-state index is 0.111. The minimum Gasteiger partial charge on any atom is -0.496 e. The second-order valence-electron chi connectivity index (χ2n) is 4.69. The molecule has 1 N–H and O–H groups in total. The van der Waals surface area contributed by atoms with Crippen molar-refractivity contribution in [2.24, 2.45) is 11.8 Å². The number of carboxylic acid groups (broad SMARTS) is 1. The summed E-state index contributed by atoms with van der Waals surface area (Å²) in [5.41, 5.74) is 0.493. The van der Waals surface area contributed by atoms with Gasteiger partial charge in [0.1, 0.15) is 5.75 Å². The third-order valence-corrected chi connectivity index (χ3v) is 4.27. The van der Waals surface area contributed by atoms with Gasteiger partial charge in [-0.1, -0.05) is 6.42 Å². The number of hydrogen-bond acceptors (Lipinski definition) is 3. The van der Waals surface area contributed by atoms with Crippen LogP contribution in [0.15, 0.2) is 18.2 Å². The first-order valence-electron chi connectivity index (χ1n) is 6.15. The maximum Gasteiger partial charge on any atom is 0.307 e. The van der Waals surface area contributed by atoms with Gasteiger partial charge in [-0.25, -0.2) is 0 Å². The molecule has 1 fully saturated rings. The number of ether oxygens (including phenoxy) is 1. The number of carboxylic acids is 1. The van der Waals surface area contributed by atoms with Crippen LogP contribution >= 0.6 is 22.6 Å². The Morgan fingerprint density at radius 1 is 1.32 bits per heavy atom. The van der Waals surface area contributed by atoms with Gasteiger partial charge in [-0.05, 0) is 53.6 Å². The lowest BCUT2D eigenvalue weighted by atomic mass is 9.88. The fraction of sp³-hybridized carbons (Fsp3) is 0.429. The van der Waals surface area contributed by atoms with E-state index in [-0.39, 0.29) is 5.78 Å². The molecule has 0 bridgehead atoms. The molecule has 0 heterocycles. The number of halogens is 1. The predicted molar refractivity (Wildman–Crippen MR) is 78.5 cm³/mol. The van der Waals surface area contributed by atoms with E-state index in [0.29, 0.717) is 24.2 Å². The van der Waals surface area contributed by atoms with E-state index in [1.165, 1.54) is 7.11 Å². The standard InChI is InChI=1S/C14H15IO4/c1-19-12-6-5-8(15)7-11(12)13(16)9-3-2-4-10(9)14(17)18/h5-7,9-10H,2-4H2,1H3,(H,17,18). The van der Waals surface area contributed by atoms with Crippen molar-refractivity contribution in [3.8, 4) is 5.75 Å². The Hall–Kier alpha value is -1.11. The Bertz CT molecular complexity index is 512. The topological polar surface area (TPSA) is 63.6 Å². The average molecular weight is 374 g/mol. The van der Waals surface area contributed by atoms with Crippen molar-refractivity contribution in [1.82, 2.24) is 0 Å². The Morgan fingerprint density at radius 2 is 2.00 bits per heavy atom. The van der Waals surface area contributed by atoms with Crippen LogP contribution in [0.25, 0.3) is 0 Å². The van der Waals surface area contributed by atoms with Crippen LogP contribution in [0, 0.1) is 15.4 Å². The van der Waals surface area contributed by atoms with Crippen LogP contribution in [0.3, 0.4) is 0 Å². The molecule has 1 aromatic rings. The Kier molecular flexibility index (Phi) is 4.44. The molecule has 1 saturated carbocycles. The maximum absolute atomic E-state index is 12.5. The van der Waals surface area contributed by atoms with Gasteiger partial charge in [-0.2, -0.15) is 0 Å². The number of carbonyl (C=O) groups excluding carboxylic acids is 1. The Balaban J connectivity index is 2.33. The van der Waals surface area contributed by atoms with Crippen molar-refractivity contribution in [3.63, 3.8) is 0 Å². The fourth-order valence-electron chi connectivity index (χ4n) is 2.64. The molecule has 1 aliphatic carbocycles. The zero-order valence-electron chi connectivity index (χ0n) is 10.6. The van der Waals surface area contributed by atoms with Crippen molar-refractivity contribution >= 4 is 34.3 Å². The molecule has 19 heavy (non-hydrogen) atoms. The first kappa shape index (κ1) is 14.3. The number of hydrogen-bond donors (Lipinski definition) is 1. The molecule has 0 spiro atoms. The minimum atomic E-state index is -0.875. The van der Waals surface area contributed by atoms with E-state index >= 15 is 0 Å². The van der Waals surface area contributed by atoms with E-state index in [2.05, 4.69) is 22.6 Å². The molecule has 102 valence electrons. The van der Waals surface area contributed by atoms with E-state index in [4.69, 9.17) is 4.74 Å². The third-order valence-electron chi connectivity index (χ3n) is 3.60. The molecule has 4 nitrogen and oxygen atoms in total. The van der Waals surface area contributed by atoms with Crippen LogP contribution < -0.4 is 4.74 Å². The number of ketones is 1. The van der Waals surface area contributed by atoms with Crippen LogP contribution in [-0.2, 0) is 4.79 Å². The number of benzene rings is 1. The smallest absolute Gasteiger partial charge is 0.307 e. The van der Waals surface area contributed by atoms with Gasteiger partial charge in [0.2, 0.25) is 0 Å². The Labute approximate surface area is 125 Å². The van der Waals surface area contributed by atoms with E-state index in [9.17, 15) is 14.7 Å². The van der Waals surface area contributed by atoms with Crippen LogP contribution in [-0.4, -0.2) is 24.0 Å². The fourth-order valence-corrected chi connectivity index (χ4v) is 3.13. The molecular formula is C14H15IO4. The van der Waals surface area contributed by atoms with Gasteiger partial charge in [0, 0.05) is 9.49 Å². The summed E-state index contributed by atoms with van der Waals surface area (Å²) in [6, 6.07) is 5.37. The van der Waals surface area contributed by atoms with Crippen LogP contribution in [0.2, 0.25) is 0 Å². The van der Waals surface area contributed by atoms with Crippen molar-refractivity contribution in [2.75, 3.05) is 7.11 Å². The van der Waals surface area contributed by atoms with Gasteiger partial charge in [0.05, 0.1) is 18.6 Å². The highest BCUT2D eigenvalue weighted by Crippen LogP contribution is 2.36. The summed E-state index contributed by atoms with van der Waals surface area (Å²) in [4.78, 5) is 23.7. The molecular weight excluding hydrogens is 359 g/mol. The lowest BCUT2D eigenvalue weighted by molar-refractivity contribution is -0.142. The lowest BCUT2D eigenvalue weighted by Crippen LogP contribution is -2.25. The molecule has 0 aliphatic heterocycles. The molecule has 5 heteroatoms. The van der Waals surface area contributed by atoms with Gasteiger partial charge in [-0.3, -0.25) is 9.59 Å². The number of aliphatic carboxylic acids is 1. The summed E-state index contributed by atoms with van der Waals surface area (Å²) >= 11 is 2.13. The highest BCUT2D eigenvalue weighted by Gasteiger charge is 2.38. The second kappa shape index (κ2) is 5.90. The molecule has 2 atom stereocenters. The van der Waals surface area contributed by atoms with E-state index in [1.807, 2.05) is 6.07 Å². The van der Waals surface area contributed by atoms with Gasteiger partial charge < -0.3 is 9.84 Å². The van der Waals surface area contributed by atoms with E-state index in [0.717, 1.165) is 9.99 Å². The quantitative estimate of drug-likeness (QED) is 0.650. The average Bonchev–Trinajstić information content (AvgIpc) is 2.87. The molecule has 0 radical (unpaired) electrons. The van der Waals surface area contributed by atoms with Crippen molar-refractivity contribution in [2.45, 2.75) is 19.3 Å². The molecule has 0 amide bonds. The first-order chi connectivity index (χ1) is 9.04. The third kappa shape index (κ3) is 2.91. The highest BCUT2D eigenvalue weighted by molar-refractivity contribution is 14.1. The normalized spacial score (nSPS) is 22.2. The zero-order chi connectivity index (χ0) is 14.0. The summed E-state index contributed by atoms with van der Waals surface area (Å²) < 4.78 is 6.14. The number of Topliss-reactive ketones (excluding diaryl/α,β-unsaturated/α-hetero) is 1. The summed E-state index contributed by atoms with van der Waals surface area (Å²) in [5.74, 6) is -1.46. The van der Waals surface area contributed by atoms with Crippen LogP contribution in [0.4, 0.5) is 0 Å². The molecule has 2 rings (SSSR count). The summed E-state index contributed by atoms with van der Waals surface area (Å²) in [6.45, 7) is 0. The number of carbonyl (C=O) groups is 2. The van der Waals surface area contributed by atoms with E-state index < -0.39 is 17.8 Å². The summed E-state index contributed by atoms with van der Waals surface area (Å²) in [5, 5.41) is 9.18. The SMILES string of the molecule is COc1ccc(I)cc1C(=O)C1CCCC1C(=O)O. The predicted octanol–water partition coefficient (Wildman–Crippen LogP) is 2.98. The Morgan fingerprint density at radius 3 is 2.63 bits per heavy atom. The second-order valence-corrected chi connectivity index (χ2v) is 5.94. The molecule has 0 aromatic heterocycles. The van der Waals surface area contributed by atoms with E-state index in [1.54, 1.807) is 12.1 Å².